The highest BCUT2D eigenvalue weighted by atomic mass is 32.2. The third-order valence-electron chi connectivity index (χ3n) is 4.01. The number of carbonyl (C=O) groups is 1. The highest BCUT2D eigenvalue weighted by Gasteiger charge is 2.20. The molecular weight excluding hydrogens is 376 g/mol. The van der Waals surface area contributed by atoms with E-state index in [9.17, 15) is 4.79 Å². The quantitative estimate of drug-likeness (QED) is 0.458. The number of aromatic nitrogens is 2. The van der Waals surface area contributed by atoms with E-state index in [-0.39, 0.29) is 11.8 Å². The molecule has 136 valence electrons. The molecule has 1 atom stereocenters. The number of nitriles is 1. The van der Waals surface area contributed by atoms with Gasteiger partial charge in [-0.15, -0.1) is 10.2 Å². The molecule has 0 aliphatic rings. The van der Waals surface area contributed by atoms with E-state index in [1.165, 1.54) is 11.3 Å². The number of thioether (sulfide) groups is 1. The van der Waals surface area contributed by atoms with Crippen LogP contribution >= 0.6 is 23.1 Å². The van der Waals surface area contributed by atoms with Crippen molar-refractivity contribution in [1.82, 2.24) is 10.2 Å². The molecule has 0 aliphatic heterocycles. The maximum absolute atomic E-state index is 12.6. The summed E-state index contributed by atoms with van der Waals surface area (Å²) in [7, 11) is 0. The fourth-order valence-corrected chi connectivity index (χ4v) is 4.30. The van der Waals surface area contributed by atoms with Crippen molar-refractivity contribution < 1.29 is 4.79 Å². The number of nitrogens with one attached hydrogen (secondary N) is 1. The van der Waals surface area contributed by atoms with Gasteiger partial charge in [-0.1, -0.05) is 72.5 Å². The van der Waals surface area contributed by atoms with Gasteiger partial charge in [-0.2, -0.15) is 5.26 Å². The van der Waals surface area contributed by atoms with Crippen molar-refractivity contribution in [3.05, 3.63) is 71.3 Å². The normalized spacial score (nSPS) is 11.6. The summed E-state index contributed by atoms with van der Waals surface area (Å²) in [4.78, 5) is 12.6. The van der Waals surface area contributed by atoms with E-state index in [1.807, 2.05) is 49.4 Å². The number of benzene rings is 2. The lowest BCUT2D eigenvalue weighted by molar-refractivity contribution is -0.117. The van der Waals surface area contributed by atoms with Crippen LogP contribution in [0.5, 0.6) is 0 Å². The average Bonchev–Trinajstić information content (AvgIpc) is 3.15. The molecule has 0 saturated carbocycles. The molecule has 1 N–H and O–H groups in total. The van der Waals surface area contributed by atoms with Gasteiger partial charge in [0, 0.05) is 5.75 Å². The van der Waals surface area contributed by atoms with Crippen molar-refractivity contribution in [3.8, 4) is 6.07 Å². The molecule has 7 heteroatoms. The minimum absolute atomic E-state index is 0.0662. The van der Waals surface area contributed by atoms with Crippen molar-refractivity contribution in [3.63, 3.8) is 0 Å². The van der Waals surface area contributed by atoms with E-state index >= 15 is 0 Å². The summed E-state index contributed by atoms with van der Waals surface area (Å²) in [5, 5.41) is 20.4. The van der Waals surface area contributed by atoms with Gasteiger partial charge in [0.15, 0.2) is 4.34 Å². The second-order valence-corrected chi connectivity index (χ2v) is 8.03. The van der Waals surface area contributed by atoms with Gasteiger partial charge in [0.25, 0.3) is 0 Å². The lowest BCUT2D eigenvalue weighted by atomic mass is 9.96. The Kier molecular flexibility index (Phi) is 6.58. The van der Waals surface area contributed by atoms with Crippen LogP contribution in [0.2, 0.25) is 0 Å². The standard InChI is InChI=1S/C20H18N4OS2/c1-2-17(16-6-4-3-5-7-16)18(25)22-19-23-24-20(27-19)26-13-15-10-8-14(12-21)9-11-15/h3-11,17H,2,13H2,1H3,(H,22,23,25)/t17-/m1/s1. The van der Waals surface area contributed by atoms with Crippen molar-refractivity contribution in [2.24, 2.45) is 0 Å². The summed E-state index contributed by atoms with van der Waals surface area (Å²) >= 11 is 2.92. The van der Waals surface area contributed by atoms with Crippen LogP contribution in [0.1, 0.15) is 36.0 Å². The first-order valence-corrected chi connectivity index (χ1v) is 10.3. The maximum atomic E-state index is 12.6. The van der Waals surface area contributed by atoms with Crippen LogP contribution in [0.15, 0.2) is 58.9 Å². The monoisotopic (exact) mass is 394 g/mol. The second-order valence-electron chi connectivity index (χ2n) is 5.83. The highest BCUT2D eigenvalue weighted by Crippen LogP contribution is 2.29. The molecule has 3 rings (SSSR count). The second kappa shape index (κ2) is 9.31. The van der Waals surface area contributed by atoms with Gasteiger partial charge in [-0.25, -0.2) is 0 Å². The smallest absolute Gasteiger partial charge is 0.233 e. The number of amides is 1. The number of anilines is 1. The van der Waals surface area contributed by atoms with E-state index in [0.717, 1.165) is 27.6 Å². The number of carbonyl (C=O) groups excluding carboxylic acids is 1. The van der Waals surface area contributed by atoms with E-state index in [2.05, 4.69) is 21.6 Å². The Hall–Kier alpha value is -2.69. The van der Waals surface area contributed by atoms with E-state index < -0.39 is 0 Å². The fraction of sp³-hybridized carbons (Fsp3) is 0.200. The molecule has 2 aromatic carbocycles. The predicted molar refractivity (Wildman–Crippen MR) is 109 cm³/mol. The summed E-state index contributed by atoms with van der Waals surface area (Å²) in [6.07, 6.45) is 0.717. The van der Waals surface area contributed by atoms with Crippen LogP contribution in [0.3, 0.4) is 0 Å². The summed E-state index contributed by atoms with van der Waals surface area (Å²) in [6, 6.07) is 19.3. The Bertz CT molecular complexity index is 933. The fourth-order valence-electron chi connectivity index (χ4n) is 2.59. The van der Waals surface area contributed by atoms with Gasteiger partial charge < -0.3 is 0 Å². The molecule has 0 saturated heterocycles. The van der Waals surface area contributed by atoms with E-state index in [1.54, 1.807) is 23.9 Å². The zero-order valence-electron chi connectivity index (χ0n) is 14.8. The third kappa shape index (κ3) is 5.16. The van der Waals surface area contributed by atoms with Crippen molar-refractivity contribution in [2.45, 2.75) is 29.4 Å². The zero-order valence-corrected chi connectivity index (χ0v) is 16.4. The molecule has 0 bridgehead atoms. The molecule has 5 nitrogen and oxygen atoms in total. The minimum atomic E-state index is -0.204. The summed E-state index contributed by atoms with van der Waals surface area (Å²) in [5.41, 5.74) is 2.75. The van der Waals surface area contributed by atoms with Crippen LogP contribution in [0.4, 0.5) is 5.13 Å². The lowest BCUT2D eigenvalue weighted by Gasteiger charge is -2.13. The average molecular weight is 395 g/mol. The van der Waals surface area contributed by atoms with Gasteiger partial charge in [0.1, 0.15) is 0 Å². The van der Waals surface area contributed by atoms with Crippen LogP contribution in [0, 0.1) is 11.3 Å². The van der Waals surface area contributed by atoms with Crippen LogP contribution in [-0.2, 0) is 10.5 Å². The molecule has 0 unspecified atom stereocenters. The first-order valence-electron chi connectivity index (χ1n) is 8.50. The Labute approximate surface area is 166 Å². The molecular formula is C20H18N4OS2. The molecule has 1 aromatic heterocycles. The SMILES string of the molecule is CC[C@@H](C(=O)Nc1nnc(SCc2ccc(C#N)cc2)s1)c1ccccc1. The molecule has 27 heavy (non-hydrogen) atoms. The molecule has 0 spiro atoms. The van der Waals surface area contributed by atoms with Crippen LogP contribution in [0.25, 0.3) is 0 Å². The third-order valence-corrected chi connectivity index (χ3v) is 6.05. The Morgan fingerprint density at radius 2 is 1.93 bits per heavy atom. The zero-order chi connectivity index (χ0) is 19.1. The number of nitrogens with zero attached hydrogens (tertiary/aromatic N) is 3. The van der Waals surface area contributed by atoms with Crippen molar-refractivity contribution >= 4 is 34.1 Å². The van der Waals surface area contributed by atoms with E-state index in [4.69, 9.17) is 5.26 Å². The van der Waals surface area contributed by atoms with Gasteiger partial charge >= 0.3 is 0 Å². The number of hydrogen-bond acceptors (Lipinski definition) is 6. The molecule has 0 radical (unpaired) electrons. The topological polar surface area (TPSA) is 78.7 Å². The molecule has 0 fully saturated rings. The van der Waals surface area contributed by atoms with Gasteiger partial charge in [-0.3, -0.25) is 10.1 Å². The highest BCUT2D eigenvalue weighted by molar-refractivity contribution is 8.00. The van der Waals surface area contributed by atoms with Gasteiger partial charge in [0.05, 0.1) is 17.6 Å². The van der Waals surface area contributed by atoms with Crippen LogP contribution < -0.4 is 5.32 Å². The molecule has 1 amide bonds. The van der Waals surface area contributed by atoms with Gasteiger partial charge in [0.2, 0.25) is 11.0 Å². The summed E-state index contributed by atoms with van der Waals surface area (Å²) in [5.74, 6) is 0.462. The number of rotatable bonds is 7. The molecule has 1 heterocycles. The van der Waals surface area contributed by atoms with E-state index in [0.29, 0.717) is 10.7 Å². The largest absolute Gasteiger partial charge is 0.300 e. The predicted octanol–water partition coefficient (Wildman–Crippen LogP) is 4.83. The van der Waals surface area contributed by atoms with Gasteiger partial charge in [-0.05, 0) is 29.7 Å². The Morgan fingerprint density at radius 1 is 1.19 bits per heavy atom. The lowest BCUT2D eigenvalue weighted by Crippen LogP contribution is -2.20. The minimum Gasteiger partial charge on any atom is -0.300 e. The van der Waals surface area contributed by atoms with Crippen molar-refractivity contribution in [2.75, 3.05) is 5.32 Å². The Morgan fingerprint density at radius 3 is 2.59 bits per heavy atom. The number of hydrogen-bond donors (Lipinski definition) is 1. The maximum Gasteiger partial charge on any atom is 0.233 e. The van der Waals surface area contributed by atoms with Crippen molar-refractivity contribution in [1.29, 1.82) is 5.26 Å². The molecule has 0 aliphatic carbocycles. The Balaban J connectivity index is 1.58. The summed E-state index contributed by atoms with van der Waals surface area (Å²) < 4.78 is 0.794. The first-order chi connectivity index (χ1) is 13.2. The molecule has 3 aromatic rings. The van der Waals surface area contributed by atoms with Crippen LogP contribution in [-0.4, -0.2) is 16.1 Å². The summed E-state index contributed by atoms with van der Waals surface area (Å²) in [6.45, 7) is 2.00. The first kappa shape index (κ1) is 19.1.